The molecule has 0 aliphatic heterocycles. The number of nitrogens with two attached hydrogens (primary N) is 1. The number of hydrogen-bond donors (Lipinski definition) is 2. The quantitative estimate of drug-likeness (QED) is 0.850. The Morgan fingerprint density at radius 1 is 1.15 bits per heavy atom. The lowest BCUT2D eigenvalue weighted by atomic mass is 10.1. The molecule has 1 aromatic carbocycles. The molecule has 0 spiro atoms. The van der Waals surface area contributed by atoms with Crippen LogP contribution < -0.4 is 10.5 Å². The number of pyridine rings is 1. The lowest BCUT2D eigenvalue weighted by Crippen LogP contribution is -2.17. The second kappa shape index (κ2) is 5.13. The van der Waals surface area contributed by atoms with Gasteiger partial charge in [-0.1, -0.05) is 6.07 Å². The fourth-order valence-corrected chi connectivity index (χ4v) is 3.51. The van der Waals surface area contributed by atoms with Gasteiger partial charge in [0.2, 0.25) is 0 Å². The van der Waals surface area contributed by atoms with Gasteiger partial charge < -0.3 is 5.73 Å². The first kappa shape index (κ1) is 14.3. The number of benzene rings is 1. The molecule has 0 unspecified atom stereocenters. The van der Waals surface area contributed by atoms with Gasteiger partial charge in [0.15, 0.2) is 0 Å². The number of aromatic nitrogens is 1. The van der Waals surface area contributed by atoms with E-state index in [9.17, 15) is 8.42 Å². The van der Waals surface area contributed by atoms with Crippen LogP contribution in [0.3, 0.4) is 0 Å². The van der Waals surface area contributed by atoms with Crippen LogP contribution in [-0.2, 0) is 10.0 Å². The summed E-state index contributed by atoms with van der Waals surface area (Å²) in [5.74, 6) is 0. The summed E-state index contributed by atoms with van der Waals surface area (Å²) in [6.45, 7) is 5.34. The molecule has 0 atom stereocenters. The summed E-state index contributed by atoms with van der Waals surface area (Å²) in [4.78, 5) is 4.19. The Kier molecular flexibility index (Phi) is 3.67. The van der Waals surface area contributed by atoms with Gasteiger partial charge in [-0.25, -0.2) is 8.42 Å². The first-order valence-corrected chi connectivity index (χ1v) is 7.61. The summed E-state index contributed by atoms with van der Waals surface area (Å²) >= 11 is 0. The Labute approximate surface area is 118 Å². The van der Waals surface area contributed by atoms with Crippen LogP contribution in [0.2, 0.25) is 0 Å². The van der Waals surface area contributed by atoms with Crippen LogP contribution in [0.4, 0.5) is 11.4 Å². The van der Waals surface area contributed by atoms with Crippen LogP contribution in [0.25, 0.3) is 0 Å². The first-order valence-electron chi connectivity index (χ1n) is 6.13. The summed E-state index contributed by atoms with van der Waals surface area (Å²) in [5.41, 5.74) is 8.66. The standard InChI is InChI=1S/C14H17N3O2S/c1-9-6-7-12(15)14(10(9)2)20(18,19)17-13-5-4-8-16-11(13)3/h4-8,17H,15H2,1-3H3. The predicted molar refractivity (Wildman–Crippen MR) is 80.1 cm³/mol. The summed E-state index contributed by atoms with van der Waals surface area (Å²) < 4.78 is 27.6. The molecular weight excluding hydrogens is 274 g/mol. The van der Waals surface area contributed by atoms with Crippen LogP contribution in [0.1, 0.15) is 16.8 Å². The molecule has 0 amide bonds. The topological polar surface area (TPSA) is 85.1 Å². The molecule has 106 valence electrons. The maximum absolute atomic E-state index is 12.5. The zero-order valence-electron chi connectivity index (χ0n) is 11.6. The van der Waals surface area contributed by atoms with Gasteiger partial charge in [0.05, 0.1) is 17.1 Å². The van der Waals surface area contributed by atoms with E-state index in [1.807, 2.05) is 6.92 Å². The molecule has 0 aliphatic rings. The number of hydrogen-bond acceptors (Lipinski definition) is 4. The van der Waals surface area contributed by atoms with Gasteiger partial charge in [-0.2, -0.15) is 0 Å². The van der Waals surface area contributed by atoms with E-state index in [0.717, 1.165) is 5.56 Å². The van der Waals surface area contributed by atoms with Gasteiger partial charge in [-0.15, -0.1) is 0 Å². The highest BCUT2D eigenvalue weighted by Gasteiger charge is 2.22. The van der Waals surface area contributed by atoms with Crippen molar-refractivity contribution in [1.82, 2.24) is 4.98 Å². The molecule has 20 heavy (non-hydrogen) atoms. The Morgan fingerprint density at radius 2 is 1.85 bits per heavy atom. The normalized spacial score (nSPS) is 11.3. The Balaban J connectivity index is 2.52. The van der Waals surface area contributed by atoms with Gasteiger partial charge in [0, 0.05) is 6.20 Å². The fourth-order valence-electron chi connectivity index (χ4n) is 1.96. The van der Waals surface area contributed by atoms with Crippen molar-refractivity contribution in [3.8, 4) is 0 Å². The van der Waals surface area contributed by atoms with Crippen LogP contribution in [0, 0.1) is 20.8 Å². The second-order valence-electron chi connectivity index (χ2n) is 4.67. The number of sulfonamides is 1. The van der Waals surface area contributed by atoms with Gasteiger partial charge in [0.25, 0.3) is 10.0 Å². The molecular formula is C14H17N3O2S. The lowest BCUT2D eigenvalue weighted by Gasteiger charge is -2.15. The molecule has 0 radical (unpaired) electrons. The minimum Gasteiger partial charge on any atom is -0.398 e. The summed E-state index contributed by atoms with van der Waals surface area (Å²) in [5, 5.41) is 0. The van der Waals surface area contributed by atoms with E-state index in [1.54, 1.807) is 44.3 Å². The fraction of sp³-hybridized carbons (Fsp3) is 0.214. The number of nitrogens with zero attached hydrogens (tertiary/aromatic N) is 1. The molecule has 2 rings (SSSR count). The summed E-state index contributed by atoms with van der Waals surface area (Å²) in [6.07, 6.45) is 1.61. The Bertz CT molecular complexity index is 755. The lowest BCUT2D eigenvalue weighted by molar-refractivity contribution is 0.601. The summed E-state index contributed by atoms with van der Waals surface area (Å²) in [7, 11) is -3.73. The number of rotatable bonds is 3. The van der Waals surface area contributed by atoms with Crippen molar-refractivity contribution in [3.63, 3.8) is 0 Å². The Hall–Kier alpha value is -2.08. The van der Waals surface area contributed by atoms with Gasteiger partial charge in [0.1, 0.15) is 4.90 Å². The first-order chi connectivity index (χ1) is 9.33. The average molecular weight is 291 g/mol. The van der Waals surface area contributed by atoms with E-state index in [1.165, 1.54) is 0 Å². The second-order valence-corrected chi connectivity index (χ2v) is 6.29. The average Bonchev–Trinajstić information content (AvgIpc) is 2.37. The van der Waals surface area contributed by atoms with Gasteiger partial charge in [-0.05, 0) is 50.1 Å². The van der Waals surface area contributed by atoms with E-state index in [-0.39, 0.29) is 10.6 Å². The van der Waals surface area contributed by atoms with Gasteiger partial charge in [-0.3, -0.25) is 9.71 Å². The summed E-state index contributed by atoms with van der Waals surface area (Å²) in [6, 6.07) is 6.75. The molecule has 2 aromatic rings. The number of nitrogen functional groups attached to an aromatic ring is 1. The molecule has 0 fully saturated rings. The molecule has 1 heterocycles. The van der Waals surface area contributed by atoms with Crippen LogP contribution in [0.5, 0.6) is 0 Å². The van der Waals surface area contributed by atoms with Crippen LogP contribution in [-0.4, -0.2) is 13.4 Å². The van der Waals surface area contributed by atoms with Crippen molar-refractivity contribution in [2.24, 2.45) is 0 Å². The number of anilines is 2. The number of aryl methyl sites for hydroxylation is 2. The molecule has 0 bridgehead atoms. The van der Waals surface area contributed by atoms with E-state index in [0.29, 0.717) is 16.9 Å². The predicted octanol–water partition coefficient (Wildman–Crippen LogP) is 2.39. The highest BCUT2D eigenvalue weighted by molar-refractivity contribution is 7.93. The van der Waals surface area contributed by atoms with E-state index in [4.69, 9.17) is 5.73 Å². The zero-order chi connectivity index (χ0) is 14.9. The van der Waals surface area contributed by atoms with Crippen molar-refractivity contribution in [1.29, 1.82) is 0 Å². The highest BCUT2D eigenvalue weighted by Crippen LogP contribution is 2.27. The minimum atomic E-state index is -3.73. The van der Waals surface area contributed by atoms with E-state index >= 15 is 0 Å². The monoisotopic (exact) mass is 291 g/mol. The third-order valence-electron chi connectivity index (χ3n) is 3.23. The van der Waals surface area contributed by atoms with Crippen LogP contribution in [0.15, 0.2) is 35.4 Å². The third kappa shape index (κ3) is 2.60. The maximum atomic E-state index is 12.5. The van der Waals surface area contributed by atoms with Crippen molar-refractivity contribution in [2.75, 3.05) is 10.5 Å². The highest BCUT2D eigenvalue weighted by atomic mass is 32.2. The molecule has 0 saturated heterocycles. The van der Waals surface area contributed by atoms with Crippen molar-refractivity contribution in [2.45, 2.75) is 25.7 Å². The molecule has 0 aliphatic carbocycles. The molecule has 0 saturated carbocycles. The van der Waals surface area contributed by atoms with Crippen molar-refractivity contribution in [3.05, 3.63) is 47.3 Å². The smallest absolute Gasteiger partial charge is 0.264 e. The largest absolute Gasteiger partial charge is 0.398 e. The third-order valence-corrected chi connectivity index (χ3v) is 4.80. The molecule has 5 nitrogen and oxygen atoms in total. The SMILES string of the molecule is Cc1ccc(N)c(S(=O)(=O)Nc2cccnc2C)c1C. The zero-order valence-corrected chi connectivity index (χ0v) is 12.5. The van der Waals surface area contributed by atoms with Crippen LogP contribution >= 0.6 is 0 Å². The van der Waals surface area contributed by atoms with Crippen molar-refractivity contribution >= 4 is 21.4 Å². The van der Waals surface area contributed by atoms with E-state index < -0.39 is 10.0 Å². The minimum absolute atomic E-state index is 0.126. The molecule has 3 N–H and O–H groups in total. The number of nitrogens with one attached hydrogen (secondary N) is 1. The Morgan fingerprint density at radius 3 is 2.50 bits per heavy atom. The van der Waals surface area contributed by atoms with E-state index in [2.05, 4.69) is 9.71 Å². The molecule has 6 heteroatoms. The maximum Gasteiger partial charge on any atom is 0.264 e. The van der Waals surface area contributed by atoms with Crippen molar-refractivity contribution < 1.29 is 8.42 Å². The molecule has 1 aromatic heterocycles. The van der Waals surface area contributed by atoms with Gasteiger partial charge >= 0.3 is 0 Å².